The van der Waals surface area contributed by atoms with Crippen molar-refractivity contribution < 1.29 is 22.7 Å². The van der Waals surface area contributed by atoms with Gasteiger partial charge in [0.2, 0.25) is 5.91 Å². The molecule has 1 aromatic rings. The van der Waals surface area contributed by atoms with Crippen LogP contribution in [0, 0.1) is 0 Å². The summed E-state index contributed by atoms with van der Waals surface area (Å²) in [5.74, 6) is 0.853. The number of carbonyl (C=O) groups excluding carboxylic acids is 1. The molecule has 2 rings (SSSR count). The van der Waals surface area contributed by atoms with Crippen molar-refractivity contribution in [2.45, 2.75) is 25.1 Å². The maximum absolute atomic E-state index is 12.7. The molecule has 0 aromatic heterocycles. The van der Waals surface area contributed by atoms with E-state index in [2.05, 4.69) is 0 Å². The molecule has 0 saturated carbocycles. The Kier molecular flexibility index (Phi) is 6.35. The van der Waals surface area contributed by atoms with E-state index in [9.17, 15) is 18.0 Å². The summed E-state index contributed by atoms with van der Waals surface area (Å²) in [5.41, 5.74) is -0.0815. The Morgan fingerprint density at radius 1 is 1.43 bits per heavy atom. The average molecular weight is 347 g/mol. The highest BCUT2D eigenvalue weighted by molar-refractivity contribution is 7.98. The minimum absolute atomic E-state index is 0.0803. The molecule has 3 nitrogen and oxygen atoms in total. The molecule has 0 spiro atoms. The molecule has 1 aromatic carbocycles. The van der Waals surface area contributed by atoms with E-state index in [0.717, 1.165) is 17.9 Å². The predicted octanol–water partition coefficient (Wildman–Crippen LogP) is 3.23. The molecule has 1 aliphatic rings. The fraction of sp³-hybridized carbons (Fsp3) is 0.562. The number of thioether (sulfide) groups is 1. The minimum Gasteiger partial charge on any atom is -0.374 e. The summed E-state index contributed by atoms with van der Waals surface area (Å²) in [7, 11) is 0. The number of amides is 1. The smallest absolute Gasteiger partial charge is 0.374 e. The Morgan fingerprint density at radius 2 is 2.22 bits per heavy atom. The number of hydrogen-bond donors (Lipinski definition) is 0. The molecule has 128 valence electrons. The third-order valence-electron chi connectivity index (χ3n) is 3.73. The lowest BCUT2D eigenvalue weighted by molar-refractivity contribution is -0.138. The highest BCUT2D eigenvalue weighted by atomic mass is 32.2. The van der Waals surface area contributed by atoms with Gasteiger partial charge in [0, 0.05) is 31.7 Å². The van der Waals surface area contributed by atoms with Gasteiger partial charge in [0.1, 0.15) is 0 Å². The van der Waals surface area contributed by atoms with Crippen LogP contribution in [0.15, 0.2) is 24.3 Å². The maximum atomic E-state index is 12.7. The SMILES string of the molecule is CSCCC(=O)N1CCO[C@@H](Cc2cccc(C(F)(F)F)c2)C1. The van der Waals surface area contributed by atoms with Crippen molar-refractivity contribution in [3.05, 3.63) is 35.4 Å². The summed E-state index contributed by atoms with van der Waals surface area (Å²) in [5, 5.41) is 0. The molecular weight excluding hydrogens is 327 g/mol. The summed E-state index contributed by atoms with van der Waals surface area (Å²) in [6.07, 6.45) is -1.80. The fourth-order valence-electron chi connectivity index (χ4n) is 2.55. The van der Waals surface area contributed by atoms with E-state index in [-0.39, 0.29) is 12.0 Å². The molecule has 1 saturated heterocycles. The zero-order valence-corrected chi connectivity index (χ0v) is 13.8. The van der Waals surface area contributed by atoms with Gasteiger partial charge in [-0.2, -0.15) is 24.9 Å². The molecule has 1 fully saturated rings. The Morgan fingerprint density at radius 3 is 2.91 bits per heavy atom. The van der Waals surface area contributed by atoms with Gasteiger partial charge in [-0.3, -0.25) is 4.79 Å². The molecular formula is C16H20F3NO2S. The van der Waals surface area contributed by atoms with Gasteiger partial charge in [0.15, 0.2) is 0 Å². The second kappa shape index (κ2) is 8.06. The first kappa shape index (κ1) is 18.1. The number of morpholine rings is 1. The van der Waals surface area contributed by atoms with Crippen LogP contribution in [0.2, 0.25) is 0 Å². The first-order chi connectivity index (χ1) is 10.9. The Hall–Kier alpha value is -1.21. The van der Waals surface area contributed by atoms with Crippen molar-refractivity contribution in [3.8, 4) is 0 Å². The van der Waals surface area contributed by atoms with E-state index in [1.54, 1.807) is 22.7 Å². The number of rotatable bonds is 5. The van der Waals surface area contributed by atoms with E-state index in [1.165, 1.54) is 6.07 Å². The molecule has 0 aliphatic carbocycles. The van der Waals surface area contributed by atoms with Gasteiger partial charge in [-0.15, -0.1) is 0 Å². The van der Waals surface area contributed by atoms with Gasteiger partial charge in [-0.25, -0.2) is 0 Å². The molecule has 0 bridgehead atoms. The lowest BCUT2D eigenvalue weighted by Gasteiger charge is -2.33. The largest absolute Gasteiger partial charge is 0.416 e. The van der Waals surface area contributed by atoms with Gasteiger partial charge in [0.25, 0.3) is 0 Å². The predicted molar refractivity (Wildman–Crippen MR) is 84.5 cm³/mol. The second-order valence-corrected chi connectivity index (χ2v) is 6.46. The molecule has 7 heteroatoms. The van der Waals surface area contributed by atoms with Crippen molar-refractivity contribution in [1.29, 1.82) is 0 Å². The second-order valence-electron chi connectivity index (χ2n) is 5.48. The van der Waals surface area contributed by atoms with Crippen molar-refractivity contribution >= 4 is 17.7 Å². The summed E-state index contributed by atoms with van der Waals surface area (Å²) in [6.45, 7) is 1.41. The Bertz CT molecular complexity index is 536. The molecule has 0 N–H and O–H groups in total. The number of nitrogens with zero attached hydrogens (tertiary/aromatic N) is 1. The van der Waals surface area contributed by atoms with Crippen molar-refractivity contribution in [2.24, 2.45) is 0 Å². The fourth-order valence-corrected chi connectivity index (χ4v) is 2.93. The first-order valence-electron chi connectivity index (χ1n) is 7.44. The highest BCUT2D eigenvalue weighted by Gasteiger charge is 2.31. The number of carbonyl (C=O) groups is 1. The third-order valence-corrected chi connectivity index (χ3v) is 4.34. The number of hydrogen-bond acceptors (Lipinski definition) is 3. The van der Waals surface area contributed by atoms with Crippen LogP contribution in [-0.2, 0) is 22.1 Å². The molecule has 23 heavy (non-hydrogen) atoms. The Balaban J connectivity index is 1.96. The van der Waals surface area contributed by atoms with Gasteiger partial charge < -0.3 is 9.64 Å². The van der Waals surface area contributed by atoms with E-state index in [1.807, 2.05) is 6.26 Å². The molecule has 0 radical (unpaired) electrons. The average Bonchev–Trinajstić information content (AvgIpc) is 2.52. The lowest BCUT2D eigenvalue weighted by atomic mass is 10.0. The van der Waals surface area contributed by atoms with Crippen molar-refractivity contribution in [2.75, 3.05) is 31.7 Å². The quantitative estimate of drug-likeness (QED) is 0.819. The highest BCUT2D eigenvalue weighted by Crippen LogP contribution is 2.30. The standard InChI is InChI=1S/C16H20F3NO2S/c1-23-8-5-15(21)20-6-7-22-14(11-20)10-12-3-2-4-13(9-12)16(17,18)19/h2-4,9,14H,5-8,10-11H2,1H3/t14-/m0/s1. The van der Waals surface area contributed by atoms with Crippen LogP contribution >= 0.6 is 11.8 Å². The van der Waals surface area contributed by atoms with Crippen LogP contribution in [0.5, 0.6) is 0 Å². The van der Waals surface area contributed by atoms with E-state index in [0.29, 0.717) is 38.1 Å². The van der Waals surface area contributed by atoms with Gasteiger partial charge in [-0.1, -0.05) is 18.2 Å². The molecule has 1 atom stereocenters. The summed E-state index contributed by atoms with van der Waals surface area (Å²) in [6, 6.07) is 5.27. The van der Waals surface area contributed by atoms with Crippen LogP contribution in [0.3, 0.4) is 0 Å². The van der Waals surface area contributed by atoms with Gasteiger partial charge >= 0.3 is 6.18 Å². The zero-order chi connectivity index (χ0) is 16.9. The van der Waals surface area contributed by atoms with Crippen LogP contribution in [0.4, 0.5) is 13.2 Å². The minimum atomic E-state index is -4.34. The van der Waals surface area contributed by atoms with Gasteiger partial charge in [0.05, 0.1) is 18.3 Å². The normalized spacial score (nSPS) is 19.0. The van der Waals surface area contributed by atoms with Crippen LogP contribution < -0.4 is 0 Å². The number of alkyl halides is 3. The monoisotopic (exact) mass is 347 g/mol. The van der Waals surface area contributed by atoms with E-state index >= 15 is 0 Å². The molecule has 1 aliphatic heterocycles. The number of benzene rings is 1. The third kappa shape index (κ3) is 5.42. The van der Waals surface area contributed by atoms with Crippen LogP contribution in [-0.4, -0.2) is 48.6 Å². The summed E-state index contributed by atoms with van der Waals surface area (Å²) in [4.78, 5) is 13.8. The molecule has 0 unspecified atom stereocenters. The van der Waals surface area contributed by atoms with Crippen molar-refractivity contribution in [1.82, 2.24) is 4.90 Å². The summed E-state index contributed by atoms with van der Waals surface area (Å²) < 4.78 is 43.9. The van der Waals surface area contributed by atoms with E-state index < -0.39 is 11.7 Å². The summed E-state index contributed by atoms with van der Waals surface area (Å²) >= 11 is 1.62. The number of halogens is 3. The first-order valence-corrected chi connectivity index (χ1v) is 8.84. The van der Waals surface area contributed by atoms with E-state index in [4.69, 9.17) is 4.74 Å². The lowest BCUT2D eigenvalue weighted by Crippen LogP contribution is -2.46. The maximum Gasteiger partial charge on any atom is 0.416 e. The van der Waals surface area contributed by atoms with Gasteiger partial charge in [-0.05, 0) is 17.9 Å². The van der Waals surface area contributed by atoms with Crippen molar-refractivity contribution in [3.63, 3.8) is 0 Å². The molecule has 1 heterocycles. The zero-order valence-electron chi connectivity index (χ0n) is 12.9. The topological polar surface area (TPSA) is 29.5 Å². The van der Waals surface area contributed by atoms with Crippen LogP contribution in [0.25, 0.3) is 0 Å². The van der Waals surface area contributed by atoms with Crippen LogP contribution in [0.1, 0.15) is 17.5 Å². The Labute approximate surface area is 138 Å². The number of ether oxygens (including phenoxy) is 1. The molecule has 1 amide bonds.